The molecule has 0 fully saturated rings. The number of methoxy groups -OCH3 is 1. The van der Waals surface area contributed by atoms with E-state index in [4.69, 9.17) is 16.3 Å². The third kappa shape index (κ3) is 4.01. The van der Waals surface area contributed by atoms with E-state index in [1.54, 1.807) is 25.3 Å². The zero-order valence-electron chi connectivity index (χ0n) is 11.7. The van der Waals surface area contributed by atoms with Gasteiger partial charge >= 0.3 is 0 Å². The standard InChI is InChI=1S/C16H20ClNO2/c1-20-15-8-7-13(17)11-14(15)16(19)18-10-9-12-5-3-2-4-6-12/h5,7-8,11H,2-4,6,9-10H2,1H3,(H,18,19). The van der Waals surface area contributed by atoms with Gasteiger partial charge in [0.15, 0.2) is 0 Å². The van der Waals surface area contributed by atoms with Gasteiger partial charge in [0.25, 0.3) is 5.91 Å². The van der Waals surface area contributed by atoms with E-state index >= 15 is 0 Å². The zero-order valence-corrected chi connectivity index (χ0v) is 12.5. The second kappa shape index (κ2) is 7.34. The third-order valence-electron chi connectivity index (χ3n) is 3.52. The van der Waals surface area contributed by atoms with Crippen LogP contribution in [0.3, 0.4) is 0 Å². The van der Waals surface area contributed by atoms with Crippen molar-refractivity contribution in [3.8, 4) is 5.75 Å². The number of rotatable bonds is 5. The summed E-state index contributed by atoms with van der Waals surface area (Å²) >= 11 is 5.93. The number of amides is 1. The molecule has 4 heteroatoms. The van der Waals surface area contributed by atoms with Crippen molar-refractivity contribution >= 4 is 17.5 Å². The van der Waals surface area contributed by atoms with Gasteiger partial charge < -0.3 is 10.1 Å². The van der Waals surface area contributed by atoms with Crippen LogP contribution in [0.1, 0.15) is 42.5 Å². The molecule has 20 heavy (non-hydrogen) atoms. The minimum Gasteiger partial charge on any atom is -0.496 e. The van der Waals surface area contributed by atoms with E-state index in [9.17, 15) is 4.79 Å². The maximum Gasteiger partial charge on any atom is 0.255 e. The molecule has 0 radical (unpaired) electrons. The van der Waals surface area contributed by atoms with E-state index in [0.29, 0.717) is 22.9 Å². The molecule has 108 valence electrons. The Morgan fingerprint density at radius 3 is 2.95 bits per heavy atom. The Morgan fingerprint density at radius 1 is 1.40 bits per heavy atom. The first-order valence-corrected chi connectivity index (χ1v) is 7.38. The molecule has 0 unspecified atom stereocenters. The van der Waals surface area contributed by atoms with Gasteiger partial charge in [-0.2, -0.15) is 0 Å². The van der Waals surface area contributed by atoms with Crippen molar-refractivity contribution in [1.82, 2.24) is 5.32 Å². The average molecular weight is 294 g/mol. The van der Waals surface area contributed by atoms with Crippen molar-refractivity contribution < 1.29 is 9.53 Å². The SMILES string of the molecule is COc1ccc(Cl)cc1C(=O)NCCC1=CCCCC1. The Labute approximate surface area is 125 Å². The van der Waals surface area contributed by atoms with Crippen LogP contribution in [0, 0.1) is 0 Å². The van der Waals surface area contributed by atoms with Crippen LogP contribution in [-0.4, -0.2) is 19.6 Å². The topological polar surface area (TPSA) is 38.3 Å². The van der Waals surface area contributed by atoms with Gasteiger partial charge in [-0.25, -0.2) is 0 Å². The molecule has 0 bridgehead atoms. The number of hydrogen-bond donors (Lipinski definition) is 1. The molecule has 1 N–H and O–H groups in total. The van der Waals surface area contributed by atoms with Crippen molar-refractivity contribution in [2.75, 3.05) is 13.7 Å². The summed E-state index contributed by atoms with van der Waals surface area (Å²) in [5, 5.41) is 3.46. The largest absolute Gasteiger partial charge is 0.496 e. The van der Waals surface area contributed by atoms with E-state index in [0.717, 1.165) is 12.8 Å². The summed E-state index contributed by atoms with van der Waals surface area (Å²) in [5.41, 5.74) is 1.94. The Hall–Kier alpha value is -1.48. The molecule has 1 aromatic rings. The van der Waals surface area contributed by atoms with Crippen LogP contribution in [0.15, 0.2) is 29.8 Å². The summed E-state index contributed by atoms with van der Waals surface area (Å²) in [6.07, 6.45) is 8.11. The van der Waals surface area contributed by atoms with E-state index in [1.807, 2.05) is 0 Å². The fraction of sp³-hybridized carbons (Fsp3) is 0.438. The zero-order chi connectivity index (χ0) is 14.4. The average Bonchev–Trinajstić information content (AvgIpc) is 2.48. The predicted octanol–water partition coefficient (Wildman–Crippen LogP) is 3.97. The number of carbonyl (C=O) groups is 1. The van der Waals surface area contributed by atoms with Gasteiger partial charge in [-0.15, -0.1) is 0 Å². The molecule has 1 amide bonds. The van der Waals surface area contributed by atoms with Crippen LogP contribution < -0.4 is 10.1 Å². The first kappa shape index (κ1) is 14.9. The molecule has 0 atom stereocenters. The van der Waals surface area contributed by atoms with Crippen LogP contribution in [0.4, 0.5) is 0 Å². The number of ether oxygens (including phenoxy) is 1. The first-order chi connectivity index (χ1) is 9.70. The van der Waals surface area contributed by atoms with Crippen molar-refractivity contribution in [2.45, 2.75) is 32.1 Å². The van der Waals surface area contributed by atoms with Gasteiger partial charge in [-0.05, 0) is 50.3 Å². The molecular formula is C16H20ClNO2. The Kier molecular flexibility index (Phi) is 5.48. The quantitative estimate of drug-likeness (QED) is 0.834. The second-order valence-electron chi connectivity index (χ2n) is 4.96. The van der Waals surface area contributed by atoms with Gasteiger partial charge in [0.2, 0.25) is 0 Å². The first-order valence-electron chi connectivity index (χ1n) is 7.00. The summed E-state index contributed by atoms with van der Waals surface area (Å²) in [5.74, 6) is 0.407. The smallest absolute Gasteiger partial charge is 0.255 e. The molecule has 0 aliphatic heterocycles. The summed E-state index contributed by atoms with van der Waals surface area (Å²) in [6.45, 7) is 0.653. The highest BCUT2D eigenvalue weighted by molar-refractivity contribution is 6.31. The van der Waals surface area contributed by atoms with Gasteiger partial charge in [0.1, 0.15) is 5.75 Å². The Morgan fingerprint density at radius 2 is 2.25 bits per heavy atom. The lowest BCUT2D eigenvalue weighted by molar-refractivity contribution is 0.0951. The van der Waals surface area contributed by atoms with E-state index in [-0.39, 0.29) is 5.91 Å². The molecule has 0 saturated carbocycles. The van der Waals surface area contributed by atoms with Crippen LogP contribution in [0.5, 0.6) is 5.75 Å². The number of benzene rings is 1. The lowest BCUT2D eigenvalue weighted by atomic mass is 9.97. The maximum atomic E-state index is 12.1. The minimum atomic E-state index is -0.138. The van der Waals surface area contributed by atoms with Crippen molar-refractivity contribution in [2.24, 2.45) is 0 Å². The highest BCUT2D eigenvalue weighted by Crippen LogP contribution is 2.23. The maximum absolute atomic E-state index is 12.1. The lowest BCUT2D eigenvalue weighted by Gasteiger charge is -2.13. The van der Waals surface area contributed by atoms with E-state index < -0.39 is 0 Å². The fourth-order valence-corrected chi connectivity index (χ4v) is 2.59. The third-order valence-corrected chi connectivity index (χ3v) is 3.76. The molecule has 0 heterocycles. The lowest BCUT2D eigenvalue weighted by Crippen LogP contribution is -2.25. The summed E-state index contributed by atoms with van der Waals surface area (Å²) in [6, 6.07) is 5.06. The summed E-state index contributed by atoms with van der Waals surface area (Å²) in [7, 11) is 1.55. The number of hydrogen-bond acceptors (Lipinski definition) is 2. The summed E-state index contributed by atoms with van der Waals surface area (Å²) < 4.78 is 5.19. The molecule has 3 nitrogen and oxygen atoms in total. The monoisotopic (exact) mass is 293 g/mol. The summed E-state index contributed by atoms with van der Waals surface area (Å²) in [4.78, 5) is 12.1. The van der Waals surface area contributed by atoms with Gasteiger partial charge in [-0.1, -0.05) is 23.3 Å². The van der Waals surface area contributed by atoms with Crippen molar-refractivity contribution in [3.63, 3.8) is 0 Å². The van der Waals surface area contributed by atoms with Gasteiger partial charge in [-0.3, -0.25) is 4.79 Å². The van der Waals surface area contributed by atoms with Crippen molar-refractivity contribution in [1.29, 1.82) is 0 Å². The molecule has 1 aromatic carbocycles. The minimum absolute atomic E-state index is 0.138. The molecular weight excluding hydrogens is 274 g/mol. The molecule has 1 aliphatic rings. The Bertz CT molecular complexity index is 511. The molecule has 0 aromatic heterocycles. The second-order valence-corrected chi connectivity index (χ2v) is 5.40. The van der Waals surface area contributed by atoms with Crippen LogP contribution in [-0.2, 0) is 0 Å². The molecule has 0 saturated heterocycles. The number of carbonyl (C=O) groups excluding carboxylic acids is 1. The normalized spacial score (nSPS) is 14.6. The van der Waals surface area contributed by atoms with Crippen LogP contribution in [0.25, 0.3) is 0 Å². The number of allylic oxidation sites excluding steroid dienone is 1. The van der Waals surface area contributed by atoms with Crippen LogP contribution in [0.2, 0.25) is 5.02 Å². The molecule has 2 rings (SSSR count). The Balaban J connectivity index is 1.91. The molecule has 0 spiro atoms. The van der Waals surface area contributed by atoms with Crippen molar-refractivity contribution in [3.05, 3.63) is 40.4 Å². The fourth-order valence-electron chi connectivity index (χ4n) is 2.42. The predicted molar refractivity (Wildman–Crippen MR) is 81.5 cm³/mol. The highest BCUT2D eigenvalue weighted by Gasteiger charge is 2.12. The van der Waals surface area contributed by atoms with Gasteiger partial charge in [0.05, 0.1) is 12.7 Å². The van der Waals surface area contributed by atoms with Gasteiger partial charge in [0, 0.05) is 11.6 Å². The number of halogens is 1. The number of nitrogens with one attached hydrogen (secondary N) is 1. The highest BCUT2D eigenvalue weighted by atomic mass is 35.5. The molecule has 1 aliphatic carbocycles. The van der Waals surface area contributed by atoms with E-state index in [1.165, 1.54) is 24.8 Å². The van der Waals surface area contributed by atoms with E-state index in [2.05, 4.69) is 11.4 Å². The van der Waals surface area contributed by atoms with Crippen LogP contribution >= 0.6 is 11.6 Å².